The second-order valence-electron chi connectivity index (χ2n) is 3.46. The van der Waals surface area contributed by atoms with E-state index in [9.17, 15) is 4.39 Å². The second-order valence-corrected chi connectivity index (χ2v) is 3.46. The molecule has 4 nitrogen and oxygen atoms in total. The summed E-state index contributed by atoms with van der Waals surface area (Å²) in [7, 11) is 1.50. The van der Waals surface area contributed by atoms with Crippen molar-refractivity contribution in [1.29, 1.82) is 0 Å². The summed E-state index contributed by atoms with van der Waals surface area (Å²) in [6, 6.07) is 4.70. The summed E-state index contributed by atoms with van der Waals surface area (Å²) < 4.78 is 18.5. The molecular weight excluding hydrogens is 209 g/mol. The number of ether oxygens (including phenoxy) is 1. The molecule has 0 saturated heterocycles. The molecule has 84 valence electrons. The van der Waals surface area contributed by atoms with E-state index in [0.29, 0.717) is 22.8 Å². The van der Waals surface area contributed by atoms with Crippen LogP contribution in [-0.4, -0.2) is 17.3 Å². The van der Waals surface area contributed by atoms with Crippen LogP contribution in [0.15, 0.2) is 18.2 Å². The Hall–Kier alpha value is -2.04. The molecule has 0 atom stereocenters. The van der Waals surface area contributed by atoms with Gasteiger partial charge in [-0.1, -0.05) is 0 Å². The first-order chi connectivity index (χ1) is 7.63. The van der Waals surface area contributed by atoms with Crippen molar-refractivity contribution in [2.24, 2.45) is 0 Å². The lowest BCUT2D eigenvalue weighted by Gasteiger charge is -2.10. The number of methoxy groups -OCH3 is 1. The van der Waals surface area contributed by atoms with Crippen LogP contribution < -0.4 is 10.5 Å². The summed E-state index contributed by atoms with van der Waals surface area (Å²) in [6.07, 6.45) is 0. The minimum atomic E-state index is -0.298. The zero-order valence-corrected chi connectivity index (χ0v) is 9.04. The van der Waals surface area contributed by atoms with Crippen LogP contribution in [0.4, 0.5) is 10.2 Å². The molecule has 0 aliphatic rings. The third-order valence-electron chi connectivity index (χ3n) is 2.43. The van der Waals surface area contributed by atoms with Gasteiger partial charge in [0.25, 0.3) is 0 Å². The Kier molecular flexibility index (Phi) is 2.52. The van der Waals surface area contributed by atoms with Crippen LogP contribution in [-0.2, 0) is 0 Å². The number of halogens is 1. The van der Waals surface area contributed by atoms with Crippen LogP contribution in [0.1, 0.15) is 5.56 Å². The van der Waals surface area contributed by atoms with Gasteiger partial charge < -0.3 is 10.5 Å². The van der Waals surface area contributed by atoms with E-state index in [4.69, 9.17) is 10.5 Å². The highest BCUT2D eigenvalue weighted by Gasteiger charge is 2.13. The van der Waals surface area contributed by atoms with Crippen molar-refractivity contribution in [3.05, 3.63) is 29.6 Å². The fraction of sp³-hybridized carbons (Fsp3) is 0.182. The second kappa shape index (κ2) is 3.84. The van der Waals surface area contributed by atoms with Gasteiger partial charge in [0.05, 0.1) is 12.8 Å². The van der Waals surface area contributed by atoms with Crippen LogP contribution in [0.3, 0.4) is 0 Å². The van der Waals surface area contributed by atoms with Crippen molar-refractivity contribution in [2.45, 2.75) is 6.92 Å². The molecule has 3 N–H and O–H groups in total. The van der Waals surface area contributed by atoms with Gasteiger partial charge in [-0.2, -0.15) is 5.10 Å². The quantitative estimate of drug-likeness (QED) is 0.816. The molecule has 1 aromatic carbocycles. The molecule has 16 heavy (non-hydrogen) atoms. The molecule has 0 aliphatic carbocycles. The van der Waals surface area contributed by atoms with Crippen LogP contribution in [0.25, 0.3) is 11.3 Å². The number of benzene rings is 1. The lowest BCUT2D eigenvalue weighted by atomic mass is 10.1. The number of nitrogens with one attached hydrogen (secondary N) is 1. The average molecular weight is 221 g/mol. The Labute approximate surface area is 92.2 Å². The number of nitrogen functional groups attached to an aromatic ring is 1. The molecule has 0 unspecified atom stereocenters. The zero-order valence-electron chi connectivity index (χ0n) is 9.04. The number of anilines is 1. The minimum Gasteiger partial charge on any atom is -0.496 e. The fourth-order valence-electron chi connectivity index (χ4n) is 1.62. The van der Waals surface area contributed by atoms with Gasteiger partial charge in [-0.25, -0.2) is 4.39 Å². The van der Waals surface area contributed by atoms with Gasteiger partial charge in [0.1, 0.15) is 17.4 Å². The molecule has 0 aliphatic heterocycles. The van der Waals surface area contributed by atoms with Crippen molar-refractivity contribution in [1.82, 2.24) is 10.2 Å². The maximum Gasteiger partial charge on any atom is 0.145 e. The van der Waals surface area contributed by atoms with Gasteiger partial charge in [0.2, 0.25) is 0 Å². The Morgan fingerprint density at radius 2 is 2.19 bits per heavy atom. The molecule has 1 aromatic heterocycles. The molecule has 0 saturated carbocycles. The summed E-state index contributed by atoms with van der Waals surface area (Å²) in [4.78, 5) is 0. The molecular formula is C11H12FN3O. The smallest absolute Gasteiger partial charge is 0.145 e. The van der Waals surface area contributed by atoms with Crippen LogP contribution in [0.5, 0.6) is 5.75 Å². The molecule has 0 radical (unpaired) electrons. The van der Waals surface area contributed by atoms with Gasteiger partial charge in [-0.3, -0.25) is 5.10 Å². The summed E-state index contributed by atoms with van der Waals surface area (Å²) >= 11 is 0. The number of hydrogen-bond acceptors (Lipinski definition) is 3. The Balaban J connectivity index is 2.61. The first kappa shape index (κ1) is 10.5. The molecule has 1 heterocycles. The molecule has 0 amide bonds. The van der Waals surface area contributed by atoms with Gasteiger partial charge in [0.15, 0.2) is 0 Å². The molecule has 0 spiro atoms. The number of aromatic amines is 1. The van der Waals surface area contributed by atoms with E-state index in [0.717, 1.165) is 5.56 Å². The average Bonchev–Trinajstić information content (AvgIpc) is 2.68. The molecule has 2 rings (SSSR count). The number of H-pyrrole nitrogens is 1. The highest BCUT2D eigenvalue weighted by atomic mass is 19.1. The first-order valence-corrected chi connectivity index (χ1v) is 4.78. The summed E-state index contributed by atoms with van der Waals surface area (Å²) in [5.41, 5.74) is 7.43. The lowest BCUT2D eigenvalue weighted by molar-refractivity contribution is 0.409. The van der Waals surface area contributed by atoms with E-state index in [1.165, 1.54) is 13.2 Å². The lowest BCUT2D eigenvalue weighted by Crippen LogP contribution is -1.94. The van der Waals surface area contributed by atoms with Gasteiger partial charge in [-0.05, 0) is 19.1 Å². The molecule has 0 bridgehead atoms. The van der Waals surface area contributed by atoms with E-state index in [1.54, 1.807) is 19.1 Å². The summed E-state index contributed by atoms with van der Waals surface area (Å²) in [6.45, 7) is 1.66. The zero-order chi connectivity index (χ0) is 11.7. The van der Waals surface area contributed by atoms with Crippen molar-refractivity contribution >= 4 is 5.82 Å². The topological polar surface area (TPSA) is 63.9 Å². The van der Waals surface area contributed by atoms with Crippen molar-refractivity contribution in [3.63, 3.8) is 0 Å². The Morgan fingerprint density at radius 3 is 2.75 bits per heavy atom. The van der Waals surface area contributed by atoms with Crippen molar-refractivity contribution in [3.8, 4) is 17.0 Å². The van der Waals surface area contributed by atoms with E-state index in [2.05, 4.69) is 10.2 Å². The normalized spacial score (nSPS) is 10.4. The van der Waals surface area contributed by atoms with Crippen LogP contribution in [0, 0.1) is 12.7 Å². The number of aromatic nitrogens is 2. The summed E-state index contributed by atoms with van der Waals surface area (Å²) in [5.74, 6) is 0.579. The Bertz CT molecular complexity index is 522. The van der Waals surface area contributed by atoms with Gasteiger partial charge in [-0.15, -0.1) is 0 Å². The molecule has 0 fully saturated rings. The van der Waals surface area contributed by atoms with E-state index in [-0.39, 0.29) is 5.82 Å². The SMILES string of the molecule is COc1c(-c2cc(N)n[nH]2)ccc(F)c1C. The van der Waals surface area contributed by atoms with E-state index < -0.39 is 0 Å². The highest BCUT2D eigenvalue weighted by Crippen LogP contribution is 2.33. The summed E-state index contributed by atoms with van der Waals surface area (Å²) in [5, 5.41) is 6.59. The monoisotopic (exact) mass is 221 g/mol. The molecule has 5 heteroatoms. The number of nitrogens with zero attached hydrogens (tertiary/aromatic N) is 1. The maximum atomic E-state index is 13.3. The Morgan fingerprint density at radius 1 is 1.44 bits per heavy atom. The molecule has 2 aromatic rings. The van der Waals surface area contributed by atoms with Gasteiger partial charge >= 0.3 is 0 Å². The van der Waals surface area contributed by atoms with Crippen molar-refractivity contribution in [2.75, 3.05) is 12.8 Å². The maximum absolute atomic E-state index is 13.3. The third kappa shape index (κ3) is 1.60. The number of nitrogens with two attached hydrogens (primary N) is 1. The minimum absolute atomic E-state index is 0.298. The fourth-order valence-corrected chi connectivity index (χ4v) is 1.62. The standard InChI is InChI=1S/C11H12FN3O/c1-6-8(12)4-3-7(11(6)16-2)9-5-10(13)15-14-9/h3-5H,1-2H3,(H3,13,14,15). The van der Waals surface area contributed by atoms with Crippen molar-refractivity contribution < 1.29 is 9.13 Å². The third-order valence-corrected chi connectivity index (χ3v) is 2.43. The highest BCUT2D eigenvalue weighted by molar-refractivity contribution is 5.70. The van der Waals surface area contributed by atoms with Crippen LogP contribution >= 0.6 is 0 Å². The number of hydrogen-bond donors (Lipinski definition) is 2. The van der Waals surface area contributed by atoms with Gasteiger partial charge in [0, 0.05) is 17.2 Å². The van der Waals surface area contributed by atoms with E-state index in [1.807, 2.05) is 0 Å². The van der Waals surface area contributed by atoms with E-state index >= 15 is 0 Å². The predicted molar refractivity (Wildman–Crippen MR) is 59.7 cm³/mol. The number of rotatable bonds is 2. The largest absolute Gasteiger partial charge is 0.496 e. The predicted octanol–water partition coefficient (Wildman–Crippen LogP) is 2.12. The first-order valence-electron chi connectivity index (χ1n) is 4.78. The van der Waals surface area contributed by atoms with Crippen LogP contribution in [0.2, 0.25) is 0 Å².